The fourth-order valence-corrected chi connectivity index (χ4v) is 3.76. The van der Waals surface area contributed by atoms with E-state index in [1.165, 1.54) is 5.56 Å². The Hall–Kier alpha value is -3.38. The number of nitrogens with one attached hydrogen (secondary N) is 1. The van der Waals surface area contributed by atoms with Crippen LogP contribution >= 0.6 is 0 Å². The maximum absolute atomic E-state index is 12.3. The second kappa shape index (κ2) is 10.1. The lowest BCUT2D eigenvalue weighted by Gasteiger charge is -2.35. The van der Waals surface area contributed by atoms with Gasteiger partial charge in [0.05, 0.1) is 13.5 Å². The Bertz CT molecular complexity index is 967. The summed E-state index contributed by atoms with van der Waals surface area (Å²) in [5.41, 5.74) is 3.03. The number of anilines is 2. The average Bonchev–Trinajstić information content (AvgIpc) is 2.82. The van der Waals surface area contributed by atoms with Crippen molar-refractivity contribution in [2.75, 3.05) is 43.5 Å². The zero-order valence-corrected chi connectivity index (χ0v) is 17.8. The van der Waals surface area contributed by atoms with E-state index in [2.05, 4.69) is 38.3 Å². The Morgan fingerprint density at radius 2 is 1.65 bits per heavy atom. The zero-order chi connectivity index (χ0) is 21.5. The number of benzene rings is 2. The Labute approximate surface area is 183 Å². The van der Waals surface area contributed by atoms with Crippen molar-refractivity contribution in [2.24, 2.45) is 0 Å². The molecule has 4 rings (SSSR count). The molecule has 0 spiro atoms. The van der Waals surface area contributed by atoms with E-state index < -0.39 is 0 Å². The summed E-state index contributed by atoms with van der Waals surface area (Å²) in [6.07, 6.45) is 2.19. The molecule has 1 aromatic heterocycles. The van der Waals surface area contributed by atoms with E-state index in [0.29, 0.717) is 6.42 Å². The fourth-order valence-electron chi connectivity index (χ4n) is 3.76. The highest BCUT2D eigenvalue weighted by molar-refractivity contribution is 5.92. The van der Waals surface area contributed by atoms with E-state index in [0.717, 1.165) is 55.5 Å². The van der Waals surface area contributed by atoms with Gasteiger partial charge in [-0.2, -0.15) is 0 Å². The van der Waals surface area contributed by atoms with Crippen LogP contribution in [-0.2, 0) is 17.8 Å². The predicted molar refractivity (Wildman–Crippen MR) is 123 cm³/mol. The van der Waals surface area contributed by atoms with Gasteiger partial charge in [-0.3, -0.25) is 9.69 Å². The number of carbonyl (C=O) groups is 1. The van der Waals surface area contributed by atoms with Crippen molar-refractivity contribution >= 4 is 17.4 Å². The van der Waals surface area contributed by atoms with Crippen LogP contribution in [0.25, 0.3) is 0 Å². The number of carbonyl (C=O) groups excluding carboxylic acids is 1. The van der Waals surface area contributed by atoms with E-state index in [4.69, 9.17) is 4.74 Å². The van der Waals surface area contributed by atoms with E-state index >= 15 is 0 Å². The lowest BCUT2D eigenvalue weighted by Crippen LogP contribution is -2.46. The molecule has 0 atom stereocenters. The average molecular weight is 417 g/mol. The molecule has 2 aromatic carbocycles. The number of methoxy groups -OCH3 is 1. The summed E-state index contributed by atoms with van der Waals surface area (Å²) in [5.74, 6) is 1.82. The van der Waals surface area contributed by atoms with Gasteiger partial charge in [0.2, 0.25) is 5.91 Å². The van der Waals surface area contributed by atoms with Crippen molar-refractivity contribution in [3.05, 3.63) is 84.1 Å². The van der Waals surface area contributed by atoms with Gasteiger partial charge in [-0.15, -0.1) is 0 Å². The third kappa shape index (κ3) is 5.83. The Kier molecular flexibility index (Phi) is 6.79. The molecule has 0 radical (unpaired) electrons. The smallest absolute Gasteiger partial charge is 0.228 e. The van der Waals surface area contributed by atoms with Gasteiger partial charge in [0, 0.05) is 44.6 Å². The van der Waals surface area contributed by atoms with Crippen molar-refractivity contribution in [3.8, 4) is 5.75 Å². The Balaban J connectivity index is 1.24. The summed E-state index contributed by atoms with van der Waals surface area (Å²) in [6, 6.07) is 21.7. The largest absolute Gasteiger partial charge is 0.497 e. The molecule has 0 unspecified atom stereocenters. The van der Waals surface area contributed by atoms with E-state index in [1.807, 2.05) is 54.7 Å². The van der Waals surface area contributed by atoms with Crippen LogP contribution in [0.5, 0.6) is 5.75 Å². The van der Waals surface area contributed by atoms with Crippen LogP contribution in [0.2, 0.25) is 0 Å². The first-order valence-electron chi connectivity index (χ1n) is 10.6. The van der Waals surface area contributed by atoms with Gasteiger partial charge in [0.15, 0.2) is 0 Å². The van der Waals surface area contributed by atoms with Gasteiger partial charge in [-0.05, 0) is 47.5 Å². The lowest BCUT2D eigenvalue weighted by atomic mass is 10.1. The van der Waals surface area contributed by atoms with Crippen LogP contribution in [0.4, 0.5) is 11.5 Å². The molecule has 1 fully saturated rings. The molecular weight excluding hydrogens is 388 g/mol. The summed E-state index contributed by atoms with van der Waals surface area (Å²) < 4.78 is 5.15. The number of hydrogen-bond donors (Lipinski definition) is 1. The minimum Gasteiger partial charge on any atom is -0.497 e. The van der Waals surface area contributed by atoms with E-state index in [9.17, 15) is 4.79 Å². The molecule has 0 bridgehead atoms. The summed E-state index contributed by atoms with van der Waals surface area (Å²) in [4.78, 5) is 21.6. The molecular formula is C25H28N4O2. The first kappa shape index (κ1) is 20.9. The van der Waals surface area contributed by atoms with Crippen molar-refractivity contribution in [1.29, 1.82) is 0 Å². The zero-order valence-electron chi connectivity index (χ0n) is 17.8. The van der Waals surface area contributed by atoms with Crippen LogP contribution in [-0.4, -0.2) is 49.1 Å². The topological polar surface area (TPSA) is 57.7 Å². The first-order chi connectivity index (χ1) is 15.2. The minimum atomic E-state index is -0.0245. The Morgan fingerprint density at radius 3 is 2.29 bits per heavy atom. The third-order valence-corrected chi connectivity index (χ3v) is 5.51. The first-order valence-corrected chi connectivity index (χ1v) is 10.6. The van der Waals surface area contributed by atoms with Crippen LogP contribution in [0.1, 0.15) is 11.1 Å². The molecule has 31 heavy (non-hydrogen) atoms. The van der Waals surface area contributed by atoms with Gasteiger partial charge in [-0.1, -0.05) is 30.3 Å². The van der Waals surface area contributed by atoms with Crippen LogP contribution < -0.4 is 15.0 Å². The number of amides is 1. The van der Waals surface area contributed by atoms with Gasteiger partial charge in [-0.25, -0.2) is 4.98 Å². The number of ether oxygens (including phenoxy) is 1. The third-order valence-electron chi connectivity index (χ3n) is 5.51. The molecule has 6 heteroatoms. The molecule has 1 amide bonds. The van der Waals surface area contributed by atoms with Crippen molar-refractivity contribution in [1.82, 2.24) is 9.88 Å². The van der Waals surface area contributed by atoms with Crippen LogP contribution in [0.15, 0.2) is 72.9 Å². The van der Waals surface area contributed by atoms with E-state index in [1.54, 1.807) is 7.11 Å². The second-order valence-corrected chi connectivity index (χ2v) is 7.72. The molecule has 6 nitrogen and oxygen atoms in total. The van der Waals surface area contributed by atoms with E-state index in [-0.39, 0.29) is 5.91 Å². The van der Waals surface area contributed by atoms with Crippen molar-refractivity contribution < 1.29 is 9.53 Å². The maximum atomic E-state index is 12.3. The number of pyridine rings is 1. The van der Waals surface area contributed by atoms with Crippen molar-refractivity contribution in [3.63, 3.8) is 0 Å². The van der Waals surface area contributed by atoms with Gasteiger partial charge >= 0.3 is 0 Å². The number of rotatable bonds is 7. The molecule has 0 aliphatic carbocycles. The lowest BCUT2D eigenvalue weighted by molar-refractivity contribution is -0.115. The summed E-state index contributed by atoms with van der Waals surface area (Å²) in [6.45, 7) is 4.90. The SMILES string of the molecule is COc1ccc(CC(=O)Nc2ccc(CN3CCN(c4ccccn4)CC3)cc2)cc1. The molecule has 160 valence electrons. The minimum absolute atomic E-state index is 0.0245. The van der Waals surface area contributed by atoms with Gasteiger partial charge in [0.25, 0.3) is 0 Å². The highest BCUT2D eigenvalue weighted by Gasteiger charge is 2.17. The van der Waals surface area contributed by atoms with Gasteiger partial charge in [0.1, 0.15) is 11.6 Å². The van der Waals surface area contributed by atoms with Crippen LogP contribution in [0, 0.1) is 0 Å². The summed E-state index contributed by atoms with van der Waals surface area (Å²) >= 11 is 0. The number of hydrogen-bond acceptors (Lipinski definition) is 5. The van der Waals surface area contributed by atoms with Crippen molar-refractivity contribution in [2.45, 2.75) is 13.0 Å². The summed E-state index contributed by atoms with van der Waals surface area (Å²) in [5, 5.41) is 2.98. The molecule has 1 saturated heterocycles. The molecule has 1 aliphatic heterocycles. The molecule has 0 saturated carbocycles. The highest BCUT2D eigenvalue weighted by atomic mass is 16.5. The maximum Gasteiger partial charge on any atom is 0.228 e. The quantitative estimate of drug-likeness (QED) is 0.638. The number of piperazine rings is 1. The number of aromatic nitrogens is 1. The van der Waals surface area contributed by atoms with Gasteiger partial charge < -0.3 is 15.0 Å². The molecule has 1 N–H and O–H groups in total. The normalized spacial score (nSPS) is 14.3. The fraction of sp³-hybridized carbons (Fsp3) is 0.280. The molecule has 3 aromatic rings. The Morgan fingerprint density at radius 1 is 0.935 bits per heavy atom. The second-order valence-electron chi connectivity index (χ2n) is 7.72. The highest BCUT2D eigenvalue weighted by Crippen LogP contribution is 2.17. The van der Waals surface area contributed by atoms with Crippen LogP contribution in [0.3, 0.4) is 0 Å². The standard InChI is InChI=1S/C25H28N4O2/c1-31-23-11-7-20(8-12-23)18-25(30)27-22-9-5-21(6-10-22)19-28-14-16-29(17-15-28)24-4-2-3-13-26-24/h2-13H,14-19H2,1H3,(H,27,30). The number of nitrogens with zero attached hydrogens (tertiary/aromatic N) is 3. The molecule has 2 heterocycles. The monoisotopic (exact) mass is 416 g/mol. The summed E-state index contributed by atoms with van der Waals surface area (Å²) in [7, 11) is 1.63. The molecule has 1 aliphatic rings. The predicted octanol–water partition coefficient (Wildman–Crippen LogP) is 3.59.